The Balaban J connectivity index is 0.00000162. The maximum absolute atomic E-state index is 12.1. The average Bonchev–Trinajstić information content (AvgIpc) is 2.41. The van der Waals surface area contributed by atoms with Crippen LogP contribution in [0.3, 0.4) is 0 Å². The van der Waals surface area contributed by atoms with E-state index in [1.807, 2.05) is 42.2 Å². The molecular weight excluding hydrogens is 228 g/mol. The number of carbonyl (C=O) groups excluding carboxylic acids is 1. The lowest BCUT2D eigenvalue weighted by Gasteiger charge is -2.34. The van der Waals surface area contributed by atoms with Crippen LogP contribution in [0.25, 0.3) is 0 Å². The van der Waals surface area contributed by atoms with Gasteiger partial charge >= 0.3 is 0 Å². The minimum Gasteiger partial charge on any atom is -0.412 e. The van der Waals surface area contributed by atoms with Gasteiger partial charge in [-0.3, -0.25) is 4.79 Å². The van der Waals surface area contributed by atoms with Crippen LogP contribution in [0.1, 0.15) is 26.2 Å². The largest absolute Gasteiger partial charge is 0.412 e. The number of piperidine rings is 1. The van der Waals surface area contributed by atoms with Crippen molar-refractivity contribution in [3.05, 3.63) is 30.3 Å². The molecule has 1 fully saturated rings. The summed E-state index contributed by atoms with van der Waals surface area (Å²) in [6.45, 7) is 3.94. The van der Waals surface area contributed by atoms with Crippen LogP contribution in [0.5, 0.6) is 0 Å². The van der Waals surface area contributed by atoms with Gasteiger partial charge in [-0.15, -0.1) is 0 Å². The molecule has 100 valence electrons. The van der Waals surface area contributed by atoms with Crippen molar-refractivity contribution in [3.63, 3.8) is 0 Å². The molecule has 4 nitrogen and oxygen atoms in total. The first kappa shape index (κ1) is 14.7. The zero-order chi connectivity index (χ0) is 12.1. The molecule has 0 spiro atoms. The Morgan fingerprint density at radius 3 is 2.44 bits per heavy atom. The summed E-state index contributed by atoms with van der Waals surface area (Å²) < 4.78 is 0. The number of hydrogen-bond donors (Lipinski definition) is 1. The summed E-state index contributed by atoms with van der Waals surface area (Å²) in [6, 6.07) is 10.4. The van der Waals surface area contributed by atoms with Gasteiger partial charge in [0, 0.05) is 18.2 Å². The third-order valence-corrected chi connectivity index (χ3v) is 3.28. The number of para-hydroxylation sites is 1. The van der Waals surface area contributed by atoms with Gasteiger partial charge in [-0.25, -0.2) is 0 Å². The van der Waals surface area contributed by atoms with E-state index in [4.69, 9.17) is 0 Å². The maximum atomic E-state index is 12.1. The highest BCUT2D eigenvalue weighted by atomic mass is 16.2. The summed E-state index contributed by atoms with van der Waals surface area (Å²) in [5.41, 5.74) is 1.03. The van der Waals surface area contributed by atoms with E-state index in [0.29, 0.717) is 12.5 Å². The molecule has 0 atom stereocenters. The van der Waals surface area contributed by atoms with E-state index in [1.165, 1.54) is 0 Å². The first-order valence-corrected chi connectivity index (χ1v) is 6.40. The van der Waals surface area contributed by atoms with Crippen LogP contribution in [0.2, 0.25) is 0 Å². The molecule has 1 aliphatic rings. The monoisotopic (exact) mass is 250 g/mol. The number of rotatable bonds is 3. The second-order valence-corrected chi connectivity index (χ2v) is 4.43. The van der Waals surface area contributed by atoms with Crippen LogP contribution in [0.15, 0.2) is 30.3 Å². The third-order valence-electron chi connectivity index (χ3n) is 3.28. The van der Waals surface area contributed by atoms with Gasteiger partial charge in [0.2, 0.25) is 5.91 Å². The highest BCUT2D eigenvalue weighted by molar-refractivity contribution is 5.93. The summed E-state index contributed by atoms with van der Waals surface area (Å²) in [7, 11) is 0. The lowest BCUT2D eigenvalue weighted by atomic mass is 10.0. The number of benzene rings is 1. The van der Waals surface area contributed by atoms with Gasteiger partial charge in [0.1, 0.15) is 0 Å². The zero-order valence-electron chi connectivity index (χ0n) is 10.9. The minimum atomic E-state index is 0. The zero-order valence-corrected chi connectivity index (χ0v) is 10.9. The SMILES string of the molecule is CCC(=O)N(c1ccccc1)C1CCNCC1.O. The lowest BCUT2D eigenvalue weighted by molar-refractivity contribution is -0.118. The third kappa shape index (κ3) is 3.31. The molecule has 1 heterocycles. The van der Waals surface area contributed by atoms with Crippen LogP contribution in [-0.2, 0) is 4.79 Å². The Kier molecular flexibility index (Phi) is 5.82. The van der Waals surface area contributed by atoms with Crippen LogP contribution in [-0.4, -0.2) is 30.5 Å². The summed E-state index contributed by atoms with van der Waals surface area (Å²) >= 11 is 0. The van der Waals surface area contributed by atoms with Crippen LogP contribution in [0, 0.1) is 0 Å². The number of nitrogens with one attached hydrogen (secondary N) is 1. The summed E-state index contributed by atoms with van der Waals surface area (Å²) in [6.07, 6.45) is 2.65. The number of anilines is 1. The van der Waals surface area contributed by atoms with E-state index >= 15 is 0 Å². The predicted octanol–water partition coefficient (Wildman–Crippen LogP) is 1.36. The molecule has 0 radical (unpaired) electrons. The Morgan fingerprint density at radius 2 is 1.89 bits per heavy atom. The molecule has 18 heavy (non-hydrogen) atoms. The fraction of sp³-hybridized carbons (Fsp3) is 0.500. The van der Waals surface area contributed by atoms with Gasteiger partial charge in [-0.05, 0) is 38.1 Å². The first-order chi connectivity index (χ1) is 8.33. The molecule has 4 heteroatoms. The van der Waals surface area contributed by atoms with Crippen LogP contribution < -0.4 is 10.2 Å². The van der Waals surface area contributed by atoms with Crippen molar-refractivity contribution in [2.24, 2.45) is 0 Å². The molecule has 0 unspecified atom stereocenters. The standard InChI is InChI=1S/C14H20N2O.H2O/c1-2-14(17)16(12-6-4-3-5-7-12)13-8-10-15-11-9-13;/h3-7,13,15H,2,8-11H2,1H3;1H2. The Morgan fingerprint density at radius 1 is 1.28 bits per heavy atom. The molecule has 1 amide bonds. The molecule has 2 rings (SSSR count). The molecular formula is C14H22N2O2. The molecule has 1 aliphatic heterocycles. The summed E-state index contributed by atoms with van der Waals surface area (Å²) in [4.78, 5) is 14.1. The highest BCUT2D eigenvalue weighted by Crippen LogP contribution is 2.22. The van der Waals surface area contributed by atoms with E-state index in [9.17, 15) is 4.79 Å². The van der Waals surface area contributed by atoms with E-state index in [1.54, 1.807) is 0 Å². The van der Waals surface area contributed by atoms with Gasteiger partial charge in [0.05, 0.1) is 0 Å². The van der Waals surface area contributed by atoms with Crippen molar-refractivity contribution in [1.82, 2.24) is 5.32 Å². The number of hydrogen-bond acceptors (Lipinski definition) is 2. The Labute approximate surface area is 108 Å². The van der Waals surface area contributed by atoms with E-state index < -0.39 is 0 Å². The average molecular weight is 250 g/mol. The van der Waals surface area contributed by atoms with E-state index in [0.717, 1.165) is 31.6 Å². The van der Waals surface area contributed by atoms with Crippen LogP contribution >= 0.6 is 0 Å². The molecule has 0 aliphatic carbocycles. The molecule has 1 aromatic rings. The normalized spacial score (nSPS) is 15.8. The van der Waals surface area contributed by atoms with Crippen molar-refractivity contribution < 1.29 is 10.3 Å². The quantitative estimate of drug-likeness (QED) is 0.880. The Hall–Kier alpha value is -1.39. The van der Waals surface area contributed by atoms with E-state index in [-0.39, 0.29) is 11.4 Å². The van der Waals surface area contributed by atoms with Crippen LogP contribution in [0.4, 0.5) is 5.69 Å². The Bertz CT molecular complexity index is 361. The van der Waals surface area contributed by atoms with Gasteiger partial charge in [-0.1, -0.05) is 25.1 Å². The number of amides is 1. The van der Waals surface area contributed by atoms with Gasteiger partial charge in [-0.2, -0.15) is 0 Å². The lowest BCUT2D eigenvalue weighted by Crippen LogP contribution is -2.46. The van der Waals surface area contributed by atoms with Crippen molar-refractivity contribution in [2.45, 2.75) is 32.2 Å². The highest BCUT2D eigenvalue weighted by Gasteiger charge is 2.25. The van der Waals surface area contributed by atoms with Crippen molar-refractivity contribution >= 4 is 11.6 Å². The molecule has 0 saturated carbocycles. The smallest absolute Gasteiger partial charge is 0.226 e. The minimum absolute atomic E-state index is 0. The number of nitrogens with zero attached hydrogens (tertiary/aromatic N) is 1. The summed E-state index contributed by atoms with van der Waals surface area (Å²) in [5.74, 6) is 0.225. The fourth-order valence-corrected chi connectivity index (χ4v) is 2.38. The molecule has 1 aromatic carbocycles. The van der Waals surface area contributed by atoms with Gasteiger partial charge in [0.25, 0.3) is 0 Å². The topological polar surface area (TPSA) is 63.8 Å². The fourth-order valence-electron chi connectivity index (χ4n) is 2.38. The first-order valence-electron chi connectivity index (χ1n) is 6.40. The second kappa shape index (κ2) is 7.13. The maximum Gasteiger partial charge on any atom is 0.226 e. The van der Waals surface area contributed by atoms with Gasteiger partial charge in [0.15, 0.2) is 0 Å². The summed E-state index contributed by atoms with van der Waals surface area (Å²) in [5, 5.41) is 3.34. The molecule has 0 bridgehead atoms. The van der Waals surface area contributed by atoms with Crippen molar-refractivity contribution in [3.8, 4) is 0 Å². The van der Waals surface area contributed by atoms with E-state index in [2.05, 4.69) is 5.32 Å². The number of carbonyl (C=O) groups is 1. The predicted molar refractivity (Wildman–Crippen MR) is 73.7 cm³/mol. The molecule has 1 saturated heterocycles. The van der Waals surface area contributed by atoms with Gasteiger partial charge < -0.3 is 15.7 Å². The van der Waals surface area contributed by atoms with Crippen molar-refractivity contribution in [2.75, 3.05) is 18.0 Å². The molecule has 3 N–H and O–H groups in total. The molecule has 0 aromatic heterocycles. The second-order valence-electron chi connectivity index (χ2n) is 4.43. The van der Waals surface area contributed by atoms with Crippen molar-refractivity contribution in [1.29, 1.82) is 0 Å².